The van der Waals surface area contributed by atoms with Gasteiger partial charge in [0.25, 0.3) is 0 Å². The second-order valence-corrected chi connectivity index (χ2v) is 6.34. The van der Waals surface area contributed by atoms with Crippen molar-refractivity contribution >= 4 is 16.9 Å². The molecule has 0 unspecified atom stereocenters. The number of carbonyl (C=O) groups is 1. The SMILES string of the molecule is CCOC(=O)c1[nH]cc(CC#N)c1-c1ccc(-c2cccc3ccoc23)cc1. The molecule has 0 bridgehead atoms. The third-order valence-corrected chi connectivity index (χ3v) is 4.67. The molecule has 0 amide bonds. The van der Waals surface area contributed by atoms with Gasteiger partial charge in [0.05, 0.1) is 25.4 Å². The number of H-pyrrole nitrogens is 1. The Labute approximate surface area is 162 Å². The second-order valence-electron chi connectivity index (χ2n) is 6.34. The molecule has 0 saturated carbocycles. The van der Waals surface area contributed by atoms with Crippen LogP contribution in [-0.2, 0) is 11.2 Å². The summed E-state index contributed by atoms with van der Waals surface area (Å²) in [5.41, 5.74) is 5.56. The molecule has 0 atom stereocenters. The summed E-state index contributed by atoms with van der Waals surface area (Å²) >= 11 is 0. The number of fused-ring (bicyclic) bond motifs is 1. The lowest BCUT2D eigenvalue weighted by Crippen LogP contribution is -2.06. The molecule has 0 saturated heterocycles. The van der Waals surface area contributed by atoms with E-state index in [-0.39, 0.29) is 13.0 Å². The molecule has 5 nitrogen and oxygen atoms in total. The van der Waals surface area contributed by atoms with Crippen molar-refractivity contribution in [1.82, 2.24) is 4.98 Å². The molecule has 0 aliphatic carbocycles. The first-order valence-corrected chi connectivity index (χ1v) is 9.04. The van der Waals surface area contributed by atoms with E-state index in [1.807, 2.05) is 48.5 Å². The van der Waals surface area contributed by atoms with Gasteiger partial charge < -0.3 is 14.1 Å². The summed E-state index contributed by atoms with van der Waals surface area (Å²) in [6.45, 7) is 2.05. The maximum absolute atomic E-state index is 12.3. The lowest BCUT2D eigenvalue weighted by atomic mass is 9.96. The molecule has 5 heteroatoms. The zero-order chi connectivity index (χ0) is 19.5. The number of rotatable bonds is 5. The van der Waals surface area contributed by atoms with Crippen LogP contribution < -0.4 is 0 Å². The van der Waals surface area contributed by atoms with Gasteiger partial charge in [0, 0.05) is 22.7 Å². The highest BCUT2D eigenvalue weighted by molar-refractivity contribution is 5.97. The molecule has 28 heavy (non-hydrogen) atoms. The van der Waals surface area contributed by atoms with Crippen molar-refractivity contribution in [2.75, 3.05) is 6.61 Å². The van der Waals surface area contributed by atoms with Crippen LogP contribution in [0.4, 0.5) is 0 Å². The van der Waals surface area contributed by atoms with E-state index in [9.17, 15) is 4.79 Å². The van der Waals surface area contributed by atoms with Crippen LogP contribution in [0.15, 0.2) is 65.4 Å². The van der Waals surface area contributed by atoms with Crippen LogP contribution in [0.5, 0.6) is 0 Å². The summed E-state index contributed by atoms with van der Waals surface area (Å²) in [5.74, 6) is -0.425. The molecular formula is C23H18N2O3. The summed E-state index contributed by atoms with van der Waals surface area (Å²) in [6, 6.07) is 18.0. The lowest BCUT2D eigenvalue weighted by Gasteiger charge is -2.08. The highest BCUT2D eigenvalue weighted by atomic mass is 16.5. The van der Waals surface area contributed by atoms with Crippen LogP contribution in [0.3, 0.4) is 0 Å². The largest absolute Gasteiger partial charge is 0.464 e. The van der Waals surface area contributed by atoms with Gasteiger partial charge in [-0.05, 0) is 29.7 Å². The fourth-order valence-corrected chi connectivity index (χ4v) is 3.42. The minimum absolute atomic E-state index is 0.207. The number of ether oxygens (including phenoxy) is 1. The molecule has 4 rings (SSSR count). The van der Waals surface area contributed by atoms with Crippen LogP contribution >= 0.6 is 0 Å². The number of para-hydroxylation sites is 1. The topological polar surface area (TPSA) is 79.0 Å². The molecule has 1 N–H and O–H groups in total. The summed E-state index contributed by atoms with van der Waals surface area (Å²) in [5, 5.41) is 10.2. The smallest absolute Gasteiger partial charge is 0.355 e. The number of aromatic nitrogens is 1. The third-order valence-electron chi connectivity index (χ3n) is 4.67. The first-order valence-electron chi connectivity index (χ1n) is 9.04. The Morgan fingerprint density at radius 3 is 2.68 bits per heavy atom. The van der Waals surface area contributed by atoms with Gasteiger partial charge in [-0.15, -0.1) is 0 Å². The van der Waals surface area contributed by atoms with Crippen LogP contribution in [0, 0.1) is 11.3 Å². The van der Waals surface area contributed by atoms with Crippen molar-refractivity contribution < 1.29 is 13.9 Å². The van der Waals surface area contributed by atoms with Gasteiger partial charge in [0.1, 0.15) is 11.3 Å². The molecule has 138 valence electrons. The lowest BCUT2D eigenvalue weighted by molar-refractivity contribution is 0.0521. The van der Waals surface area contributed by atoms with Crippen molar-refractivity contribution in [3.8, 4) is 28.3 Å². The fourth-order valence-electron chi connectivity index (χ4n) is 3.42. The standard InChI is InChI=1S/C23H18N2O3/c1-2-27-23(26)21-20(18(10-12-24)14-25-21)16-8-6-15(7-9-16)19-5-3-4-17-11-13-28-22(17)19/h3-9,11,13-14,25H,2,10H2,1H3. The Hall–Kier alpha value is -3.78. The average Bonchev–Trinajstić information content (AvgIpc) is 3.35. The maximum atomic E-state index is 12.3. The number of furan rings is 1. The molecule has 4 aromatic rings. The number of nitrogens with one attached hydrogen (secondary N) is 1. The number of esters is 1. The van der Waals surface area contributed by atoms with Gasteiger partial charge in [0.15, 0.2) is 0 Å². The number of aromatic amines is 1. The van der Waals surface area contributed by atoms with E-state index in [2.05, 4.69) is 11.1 Å². The first-order chi connectivity index (χ1) is 13.7. The molecule has 2 aromatic heterocycles. The molecule has 0 radical (unpaired) electrons. The summed E-state index contributed by atoms with van der Waals surface area (Å²) in [4.78, 5) is 15.3. The van der Waals surface area contributed by atoms with Gasteiger partial charge in [-0.1, -0.05) is 42.5 Å². The number of benzene rings is 2. The van der Waals surface area contributed by atoms with Gasteiger partial charge in [-0.25, -0.2) is 4.79 Å². The summed E-state index contributed by atoms with van der Waals surface area (Å²) < 4.78 is 10.8. The van der Waals surface area contributed by atoms with E-state index < -0.39 is 5.97 Å². The molecule has 2 heterocycles. The zero-order valence-electron chi connectivity index (χ0n) is 15.4. The van der Waals surface area contributed by atoms with Crippen molar-refractivity contribution in [2.24, 2.45) is 0 Å². The molecular weight excluding hydrogens is 352 g/mol. The Kier molecular flexibility index (Phi) is 4.69. The third kappa shape index (κ3) is 3.06. The van der Waals surface area contributed by atoms with Gasteiger partial charge in [0.2, 0.25) is 0 Å². The number of hydrogen-bond acceptors (Lipinski definition) is 4. The Morgan fingerprint density at radius 2 is 1.93 bits per heavy atom. The van der Waals surface area contributed by atoms with Gasteiger partial charge in [-0.2, -0.15) is 5.26 Å². The quantitative estimate of drug-likeness (QED) is 0.481. The Bertz CT molecular complexity index is 1180. The molecule has 0 aliphatic heterocycles. The predicted octanol–water partition coefficient (Wildman–Crippen LogP) is 5.34. The minimum atomic E-state index is -0.425. The molecule has 0 aliphatic rings. The molecule has 2 aromatic carbocycles. The van der Waals surface area contributed by atoms with E-state index in [1.54, 1.807) is 19.4 Å². The fraction of sp³-hybridized carbons (Fsp3) is 0.130. The molecule has 0 spiro atoms. The second kappa shape index (κ2) is 7.45. The Balaban J connectivity index is 1.77. The van der Waals surface area contributed by atoms with E-state index in [1.165, 1.54) is 0 Å². The summed E-state index contributed by atoms with van der Waals surface area (Å²) in [7, 11) is 0. The van der Waals surface area contributed by atoms with Gasteiger partial charge in [-0.3, -0.25) is 0 Å². The van der Waals surface area contributed by atoms with E-state index in [0.29, 0.717) is 11.3 Å². The Morgan fingerprint density at radius 1 is 1.14 bits per heavy atom. The average molecular weight is 370 g/mol. The minimum Gasteiger partial charge on any atom is -0.464 e. The van der Waals surface area contributed by atoms with Crippen LogP contribution in [0.25, 0.3) is 33.2 Å². The van der Waals surface area contributed by atoms with Crippen LogP contribution in [0.1, 0.15) is 23.0 Å². The van der Waals surface area contributed by atoms with Crippen molar-refractivity contribution in [1.29, 1.82) is 5.26 Å². The van der Waals surface area contributed by atoms with Crippen molar-refractivity contribution in [3.63, 3.8) is 0 Å². The van der Waals surface area contributed by atoms with E-state index >= 15 is 0 Å². The number of nitriles is 1. The highest BCUT2D eigenvalue weighted by Gasteiger charge is 2.20. The predicted molar refractivity (Wildman–Crippen MR) is 107 cm³/mol. The normalized spacial score (nSPS) is 10.7. The van der Waals surface area contributed by atoms with E-state index in [0.717, 1.165) is 33.2 Å². The van der Waals surface area contributed by atoms with Crippen LogP contribution in [-0.4, -0.2) is 17.6 Å². The van der Waals surface area contributed by atoms with Gasteiger partial charge >= 0.3 is 5.97 Å². The van der Waals surface area contributed by atoms with Crippen LogP contribution in [0.2, 0.25) is 0 Å². The monoisotopic (exact) mass is 370 g/mol. The number of carbonyl (C=O) groups excluding carboxylic acids is 1. The zero-order valence-corrected chi connectivity index (χ0v) is 15.4. The number of nitrogens with zero attached hydrogens (tertiary/aromatic N) is 1. The van der Waals surface area contributed by atoms with Crippen molar-refractivity contribution in [3.05, 3.63) is 72.2 Å². The summed E-state index contributed by atoms with van der Waals surface area (Å²) in [6.07, 6.45) is 3.59. The highest BCUT2D eigenvalue weighted by Crippen LogP contribution is 2.33. The van der Waals surface area contributed by atoms with Crippen molar-refractivity contribution in [2.45, 2.75) is 13.3 Å². The maximum Gasteiger partial charge on any atom is 0.355 e. The molecule has 0 fully saturated rings. The first kappa shape index (κ1) is 17.6. The number of hydrogen-bond donors (Lipinski definition) is 1. The van der Waals surface area contributed by atoms with E-state index in [4.69, 9.17) is 14.4 Å².